The highest BCUT2D eigenvalue weighted by atomic mass is 16.6. The Labute approximate surface area is 205 Å². The molecule has 0 saturated carbocycles. The highest BCUT2D eigenvalue weighted by Crippen LogP contribution is 2.26. The van der Waals surface area contributed by atoms with Crippen molar-refractivity contribution in [3.8, 4) is 0 Å². The summed E-state index contributed by atoms with van der Waals surface area (Å²) >= 11 is 0. The summed E-state index contributed by atoms with van der Waals surface area (Å²) in [4.78, 5) is 45.0. The predicted octanol–water partition coefficient (Wildman–Crippen LogP) is 1.66. The Hall–Kier alpha value is -3.12. The molecule has 0 aliphatic rings. The molecule has 3 unspecified atom stereocenters. The van der Waals surface area contributed by atoms with Crippen LogP contribution in [-0.4, -0.2) is 83.1 Å². The molecule has 0 aromatic heterocycles. The van der Waals surface area contributed by atoms with Crippen LogP contribution >= 0.6 is 0 Å². The van der Waals surface area contributed by atoms with Crippen LogP contribution in [0.5, 0.6) is 0 Å². The van der Waals surface area contributed by atoms with E-state index in [0.29, 0.717) is 25.9 Å². The van der Waals surface area contributed by atoms with Gasteiger partial charge in [0.15, 0.2) is 0 Å². The number of aliphatic hydroxyl groups excluding tert-OH is 2. The quantitative estimate of drug-likeness (QED) is 0.179. The van der Waals surface area contributed by atoms with Crippen LogP contribution < -0.4 is 10.6 Å². The molecular formula is C23H38N2O10. The number of carbonyl (C=O) groups excluding carboxylic acids is 2. The number of hydrogen-bond donors (Lipinski definition) is 6. The van der Waals surface area contributed by atoms with Crippen LogP contribution in [0.1, 0.15) is 47.5 Å². The molecule has 2 amide bonds. The van der Waals surface area contributed by atoms with Crippen LogP contribution in [0.3, 0.4) is 0 Å². The van der Waals surface area contributed by atoms with E-state index >= 15 is 0 Å². The summed E-state index contributed by atoms with van der Waals surface area (Å²) in [6, 6.07) is 0. The minimum atomic E-state index is -1.22. The van der Waals surface area contributed by atoms with Crippen molar-refractivity contribution in [1.82, 2.24) is 10.6 Å². The summed E-state index contributed by atoms with van der Waals surface area (Å²) in [6.07, 6.45) is -0.380. The largest absolute Gasteiger partial charge is 0.478 e. The van der Waals surface area contributed by atoms with E-state index in [-0.39, 0.29) is 35.7 Å². The van der Waals surface area contributed by atoms with Crippen LogP contribution in [0.4, 0.5) is 9.59 Å². The molecule has 0 fully saturated rings. The van der Waals surface area contributed by atoms with Crippen molar-refractivity contribution in [2.24, 2.45) is 11.3 Å². The number of carboxylic acids is 2. The lowest BCUT2D eigenvalue weighted by Crippen LogP contribution is -2.36. The molecule has 0 bridgehead atoms. The summed E-state index contributed by atoms with van der Waals surface area (Å²) in [7, 11) is 0. The van der Waals surface area contributed by atoms with Gasteiger partial charge in [0.2, 0.25) is 0 Å². The number of aliphatic carboxylic acids is 2. The van der Waals surface area contributed by atoms with E-state index < -0.39 is 36.3 Å². The maximum absolute atomic E-state index is 11.9. The van der Waals surface area contributed by atoms with Crippen LogP contribution in [0.15, 0.2) is 23.3 Å². The van der Waals surface area contributed by atoms with Gasteiger partial charge >= 0.3 is 24.1 Å². The molecular weight excluding hydrogens is 464 g/mol. The lowest BCUT2D eigenvalue weighted by atomic mass is 9.82. The third-order valence-corrected chi connectivity index (χ3v) is 4.85. The number of hydrogen-bond acceptors (Lipinski definition) is 8. The maximum atomic E-state index is 11.9. The highest BCUT2D eigenvalue weighted by Gasteiger charge is 2.23. The van der Waals surface area contributed by atoms with E-state index in [0.717, 1.165) is 12.2 Å². The number of carbonyl (C=O) groups is 4. The van der Waals surface area contributed by atoms with Gasteiger partial charge in [0, 0.05) is 24.2 Å². The minimum Gasteiger partial charge on any atom is -0.478 e. The number of carboxylic acid groups (broad SMARTS) is 2. The van der Waals surface area contributed by atoms with Gasteiger partial charge in [-0.15, -0.1) is 0 Å². The zero-order valence-corrected chi connectivity index (χ0v) is 20.9. The molecule has 0 saturated heterocycles. The fourth-order valence-electron chi connectivity index (χ4n) is 3.09. The molecule has 3 atom stereocenters. The molecule has 6 N–H and O–H groups in total. The van der Waals surface area contributed by atoms with Crippen molar-refractivity contribution in [2.45, 2.75) is 59.7 Å². The monoisotopic (exact) mass is 502 g/mol. The van der Waals surface area contributed by atoms with E-state index in [2.05, 4.69) is 10.6 Å². The van der Waals surface area contributed by atoms with Crippen molar-refractivity contribution in [3.05, 3.63) is 23.3 Å². The summed E-state index contributed by atoms with van der Waals surface area (Å²) < 4.78 is 9.75. The van der Waals surface area contributed by atoms with Crippen LogP contribution in [0.25, 0.3) is 0 Å². The van der Waals surface area contributed by atoms with Gasteiger partial charge in [-0.3, -0.25) is 0 Å². The average Bonchev–Trinajstić information content (AvgIpc) is 2.74. The third kappa shape index (κ3) is 16.2. The summed E-state index contributed by atoms with van der Waals surface area (Å²) in [5.41, 5.74) is -0.406. The van der Waals surface area contributed by atoms with Gasteiger partial charge in [-0.05, 0) is 50.2 Å². The fourth-order valence-corrected chi connectivity index (χ4v) is 3.09. The molecule has 0 aliphatic carbocycles. The molecule has 0 radical (unpaired) electrons. The van der Waals surface area contributed by atoms with Crippen LogP contribution in [0, 0.1) is 11.3 Å². The summed E-state index contributed by atoms with van der Waals surface area (Å²) in [6.45, 7) is 8.42. The van der Waals surface area contributed by atoms with Gasteiger partial charge in [0.05, 0.1) is 0 Å². The first-order chi connectivity index (χ1) is 16.1. The van der Waals surface area contributed by atoms with E-state index in [4.69, 9.17) is 19.7 Å². The van der Waals surface area contributed by atoms with E-state index in [1.165, 1.54) is 13.8 Å². The lowest BCUT2D eigenvalue weighted by Gasteiger charge is -2.28. The Morgan fingerprint density at radius 2 is 1.29 bits per heavy atom. The first kappa shape index (κ1) is 31.9. The molecule has 0 aromatic rings. The smallest absolute Gasteiger partial charge is 0.407 e. The van der Waals surface area contributed by atoms with Crippen molar-refractivity contribution in [2.75, 3.05) is 26.3 Å². The van der Waals surface area contributed by atoms with Crippen molar-refractivity contribution >= 4 is 24.1 Å². The Morgan fingerprint density at radius 1 is 0.857 bits per heavy atom. The molecule has 200 valence electrons. The number of amides is 2. The molecule has 12 heteroatoms. The summed E-state index contributed by atoms with van der Waals surface area (Å²) in [5.74, 6) is -2.16. The topological polar surface area (TPSA) is 192 Å². The number of ether oxygens (including phenoxy) is 2. The van der Waals surface area contributed by atoms with Gasteiger partial charge < -0.3 is 40.5 Å². The Bertz CT molecular complexity index is 791. The molecule has 0 aromatic carbocycles. The normalized spacial score (nSPS) is 14.9. The summed E-state index contributed by atoms with van der Waals surface area (Å²) in [5, 5.41) is 42.0. The van der Waals surface area contributed by atoms with Gasteiger partial charge in [-0.2, -0.15) is 0 Å². The second-order valence-corrected chi connectivity index (χ2v) is 9.18. The van der Waals surface area contributed by atoms with Crippen molar-refractivity contribution in [1.29, 1.82) is 0 Å². The van der Waals surface area contributed by atoms with Gasteiger partial charge in [-0.1, -0.05) is 20.8 Å². The fraction of sp³-hybridized carbons (Fsp3) is 0.652. The molecule has 0 rings (SSSR count). The van der Waals surface area contributed by atoms with Gasteiger partial charge in [0.1, 0.15) is 25.4 Å². The SMILES string of the molecule is CC(=CC(O)COC(=O)NCCC(C)CC(C)(C)CNC(=O)OCC(O)C=C(C)C(=O)O)C(=O)O. The highest BCUT2D eigenvalue weighted by molar-refractivity contribution is 5.86. The molecule has 12 nitrogen and oxygen atoms in total. The second kappa shape index (κ2) is 15.7. The van der Waals surface area contributed by atoms with Crippen LogP contribution in [-0.2, 0) is 19.1 Å². The number of rotatable bonds is 15. The first-order valence-electron chi connectivity index (χ1n) is 11.1. The van der Waals surface area contributed by atoms with E-state index in [9.17, 15) is 29.4 Å². The first-order valence-corrected chi connectivity index (χ1v) is 11.1. The zero-order valence-electron chi connectivity index (χ0n) is 20.9. The van der Waals surface area contributed by atoms with Crippen LogP contribution in [0.2, 0.25) is 0 Å². The number of alkyl carbamates (subject to hydrolysis) is 2. The predicted molar refractivity (Wildman–Crippen MR) is 126 cm³/mol. The molecule has 0 spiro atoms. The minimum absolute atomic E-state index is 0.0544. The molecule has 0 heterocycles. The third-order valence-electron chi connectivity index (χ3n) is 4.85. The van der Waals surface area contributed by atoms with Gasteiger partial charge in [-0.25, -0.2) is 19.2 Å². The van der Waals surface area contributed by atoms with Crippen molar-refractivity contribution < 1.29 is 49.1 Å². The van der Waals surface area contributed by atoms with Gasteiger partial charge in [0.25, 0.3) is 0 Å². The molecule has 0 aliphatic heterocycles. The number of nitrogens with one attached hydrogen (secondary N) is 2. The van der Waals surface area contributed by atoms with E-state index in [1.807, 2.05) is 20.8 Å². The lowest BCUT2D eigenvalue weighted by molar-refractivity contribution is -0.133. The van der Waals surface area contributed by atoms with E-state index in [1.54, 1.807) is 0 Å². The Kier molecular flexibility index (Phi) is 14.3. The Morgan fingerprint density at radius 3 is 1.71 bits per heavy atom. The maximum Gasteiger partial charge on any atom is 0.407 e. The standard InChI is InChI=1S/C23H38N2O10/c1-14(6-7-24-21(32)34-11-17(26)8-15(2)19(28)29)10-23(4,5)13-25-22(33)35-12-18(27)9-16(3)20(30)31/h8-9,14,17-18,26-27H,6-7,10-13H2,1-5H3,(H,24,32)(H,25,33)(H,28,29)(H,30,31). The average molecular weight is 503 g/mol. The zero-order chi connectivity index (χ0) is 27.2. The number of aliphatic hydroxyl groups is 2. The second-order valence-electron chi connectivity index (χ2n) is 9.18. The van der Waals surface area contributed by atoms with Crippen molar-refractivity contribution in [3.63, 3.8) is 0 Å². The molecule has 35 heavy (non-hydrogen) atoms. The Balaban J connectivity index is 4.23.